The Morgan fingerprint density at radius 3 is 1.35 bits per heavy atom. The summed E-state index contributed by atoms with van der Waals surface area (Å²) < 4.78 is 77.8. The molecule has 0 aliphatic carbocycles. The summed E-state index contributed by atoms with van der Waals surface area (Å²) in [7, 11) is 4.62. The Balaban J connectivity index is -0.000000245. The summed E-state index contributed by atoms with van der Waals surface area (Å²) in [6.07, 6.45) is 2.66. The van der Waals surface area contributed by atoms with Crippen LogP contribution in [0.1, 0.15) is 39.7 Å². The molecule has 278 valence electrons. The first-order chi connectivity index (χ1) is 21.9. The highest BCUT2D eigenvalue weighted by Gasteiger charge is 2.02. The van der Waals surface area contributed by atoms with Crippen LogP contribution in [-0.4, -0.2) is 141 Å². The van der Waals surface area contributed by atoms with E-state index in [-0.39, 0.29) is 5.25 Å². The van der Waals surface area contributed by atoms with E-state index >= 15 is 0 Å². The molecule has 0 amide bonds. The minimum Gasteiger partial charge on any atom is -0.384 e. The molecule has 5 unspecified atom stereocenters. The quantitative estimate of drug-likeness (QED) is 0.184. The van der Waals surface area contributed by atoms with Gasteiger partial charge in [0.2, 0.25) is 0 Å². The molecule has 15 heteroatoms. The van der Waals surface area contributed by atoms with Crippen LogP contribution in [0.25, 0.3) is 0 Å². The maximum atomic E-state index is 11.4. The minimum absolute atomic E-state index is 0.264. The second kappa shape index (κ2) is 42.8. The van der Waals surface area contributed by atoms with Crippen molar-refractivity contribution < 1.29 is 44.7 Å². The van der Waals surface area contributed by atoms with Gasteiger partial charge in [-0.05, 0) is 12.0 Å². The average molecular weight is 757 g/mol. The highest BCUT2D eigenvalue weighted by atomic mass is 32.2. The first kappa shape index (κ1) is 52.6. The van der Waals surface area contributed by atoms with Gasteiger partial charge >= 0.3 is 0 Å². The van der Waals surface area contributed by atoms with Crippen molar-refractivity contribution in [2.75, 3.05) is 115 Å². The Bertz CT molecular complexity index is 875. The van der Waals surface area contributed by atoms with E-state index in [0.717, 1.165) is 23.5 Å². The lowest BCUT2D eigenvalue weighted by molar-refractivity contribution is 0.218. The van der Waals surface area contributed by atoms with Crippen molar-refractivity contribution in [3.05, 3.63) is 35.9 Å². The number of hydrogen-bond donors (Lipinski definition) is 0. The highest BCUT2D eigenvalue weighted by Crippen LogP contribution is 2.02. The second-order valence-corrected chi connectivity index (χ2v) is 18.2. The summed E-state index contributed by atoms with van der Waals surface area (Å²) >= 11 is 0. The van der Waals surface area contributed by atoms with Gasteiger partial charge in [-0.25, -0.2) is 0 Å². The van der Waals surface area contributed by atoms with E-state index in [1.807, 2.05) is 58.0 Å². The predicted octanol–water partition coefficient (Wildman–Crippen LogP) is 3.58. The normalized spacial score (nSPS) is 13.5. The molecule has 0 N–H and O–H groups in total. The molecule has 0 saturated carbocycles. The SMILES string of the molecule is CCCS(=O)CCOC.CCS(=O)CCOC.COCCS(=O)C(C)C.COCCS(=O)Cc1ccccc1.COCCS(C)=O. The molecule has 0 aliphatic rings. The van der Waals surface area contributed by atoms with E-state index in [4.69, 9.17) is 18.9 Å². The van der Waals surface area contributed by atoms with E-state index in [2.05, 4.69) is 4.74 Å². The van der Waals surface area contributed by atoms with E-state index < -0.39 is 54.0 Å². The maximum absolute atomic E-state index is 11.4. The van der Waals surface area contributed by atoms with Crippen molar-refractivity contribution in [1.82, 2.24) is 0 Å². The third kappa shape index (κ3) is 48.2. The standard InChI is InChI=1S/C10H14O2S.2C6H14O2S.C5H12O2S.C4H10O2S/c1-12-7-8-13(11)9-10-5-3-2-4-6-10;1-6(2)9(7)5-4-8-3;1-3-5-9(7)6-4-8-2;1-3-8(6)5-4-7-2;1-6-3-4-7(2)5/h2-6H,7-9H2,1H3;6H,4-5H2,1-3H3;3-6H2,1-2H3;3-5H2,1-2H3;3-4H2,1-2H3. The van der Waals surface area contributed by atoms with Crippen molar-refractivity contribution >= 4 is 54.0 Å². The van der Waals surface area contributed by atoms with Crippen molar-refractivity contribution in [3.8, 4) is 0 Å². The Morgan fingerprint density at radius 1 is 0.565 bits per heavy atom. The first-order valence-electron chi connectivity index (χ1n) is 15.1. The summed E-state index contributed by atoms with van der Waals surface area (Å²) in [5, 5.41) is 0.264. The van der Waals surface area contributed by atoms with Gasteiger partial charge in [0.15, 0.2) is 0 Å². The Labute approximate surface area is 293 Å². The van der Waals surface area contributed by atoms with Crippen LogP contribution in [0.4, 0.5) is 0 Å². The van der Waals surface area contributed by atoms with Gasteiger partial charge in [0.25, 0.3) is 0 Å². The van der Waals surface area contributed by atoms with Gasteiger partial charge in [-0.3, -0.25) is 21.0 Å². The Hall–Kier alpha value is -0.230. The van der Waals surface area contributed by atoms with Crippen molar-refractivity contribution in [2.24, 2.45) is 0 Å². The fourth-order valence-electron chi connectivity index (χ4n) is 2.44. The molecular formula is C31H64O10S5. The largest absolute Gasteiger partial charge is 0.384 e. The zero-order chi connectivity index (χ0) is 36.0. The lowest BCUT2D eigenvalue weighted by Gasteiger charge is -2.02. The average Bonchev–Trinajstić information content (AvgIpc) is 3.04. The van der Waals surface area contributed by atoms with Gasteiger partial charge < -0.3 is 23.7 Å². The number of hydrogen-bond acceptors (Lipinski definition) is 10. The monoisotopic (exact) mass is 756 g/mol. The molecule has 1 rings (SSSR count). The topological polar surface area (TPSA) is 132 Å². The third-order valence-electron chi connectivity index (χ3n) is 5.06. The highest BCUT2D eigenvalue weighted by molar-refractivity contribution is 7.85. The molecule has 0 aromatic heterocycles. The van der Waals surface area contributed by atoms with Crippen LogP contribution in [0.5, 0.6) is 0 Å². The predicted molar refractivity (Wildman–Crippen MR) is 201 cm³/mol. The molecule has 0 fully saturated rings. The van der Waals surface area contributed by atoms with E-state index in [1.165, 1.54) is 0 Å². The zero-order valence-corrected chi connectivity index (χ0v) is 34.1. The van der Waals surface area contributed by atoms with Crippen LogP contribution in [0.15, 0.2) is 30.3 Å². The van der Waals surface area contributed by atoms with Crippen LogP contribution in [0.3, 0.4) is 0 Å². The molecular weight excluding hydrogens is 693 g/mol. The molecule has 0 saturated heterocycles. The molecule has 1 aromatic rings. The fourth-order valence-corrected chi connectivity index (χ4v) is 6.36. The van der Waals surface area contributed by atoms with Crippen LogP contribution in [0, 0.1) is 0 Å². The van der Waals surface area contributed by atoms with E-state index in [1.54, 1.807) is 41.8 Å². The molecule has 46 heavy (non-hydrogen) atoms. The Morgan fingerprint density at radius 2 is 0.978 bits per heavy atom. The summed E-state index contributed by atoms with van der Waals surface area (Å²) in [6, 6.07) is 9.86. The number of methoxy groups -OCH3 is 5. The van der Waals surface area contributed by atoms with Gasteiger partial charge in [0.1, 0.15) is 0 Å². The summed E-state index contributed by atoms with van der Waals surface area (Å²) in [5.74, 6) is 5.46. The number of rotatable bonds is 21. The van der Waals surface area contributed by atoms with Crippen LogP contribution < -0.4 is 0 Å². The zero-order valence-electron chi connectivity index (χ0n) is 30.0. The molecule has 0 radical (unpaired) electrons. The molecule has 10 nitrogen and oxygen atoms in total. The first-order valence-corrected chi connectivity index (χ1v) is 22.7. The maximum Gasteiger partial charge on any atom is 0.0577 e. The molecule has 0 aliphatic heterocycles. The summed E-state index contributed by atoms with van der Waals surface area (Å²) in [6.45, 7) is 10.8. The molecule has 0 heterocycles. The Kier molecular flexibility index (Phi) is 48.9. The number of ether oxygens (including phenoxy) is 5. The van der Waals surface area contributed by atoms with Crippen LogP contribution in [0.2, 0.25) is 0 Å². The van der Waals surface area contributed by atoms with Gasteiger partial charge in [-0.2, -0.15) is 0 Å². The minimum atomic E-state index is -0.796. The van der Waals surface area contributed by atoms with Crippen LogP contribution in [-0.2, 0) is 83.4 Å². The van der Waals surface area contributed by atoms with Crippen molar-refractivity contribution in [2.45, 2.75) is 45.1 Å². The summed E-state index contributed by atoms with van der Waals surface area (Å²) in [5.41, 5.74) is 1.12. The lowest BCUT2D eigenvalue weighted by Crippen LogP contribution is -2.12. The molecule has 0 bridgehead atoms. The molecule has 5 atom stereocenters. The summed E-state index contributed by atoms with van der Waals surface area (Å²) in [4.78, 5) is 0. The number of benzene rings is 1. The third-order valence-corrected chi connectivity index (χ3v) is 11.5. The molecule has 0 spiro atoms. The smallest absolute Gasteiger partial charge is 0.0577 e. The van der Waals surface area contributed by atoms with Crippen molar-refractivity contribution in [1.29, 1.82) is 0 Å². The van der Waals surface area contributed by atoms with Gasteiger partial charge in [-0.15, -0.1) is 0 Å². The van der Waals surface area contributed by atoms with Crippen LogP contribution >= 0.6 is 0 Å². The van der Waals surface area contributed by atoms with Gasteiger partial charge in [0.05, 0.1) is 33.0 Å². The molecule has 1 aromatic carbocycles. The van der Waals surface area contributed by atoms with Crippen molar-refractivity contribution in [3.63, 3.8) is 0 Å². The lowest BCUT2D eigenvalue weighted by atomic mass is 10.2. The van der Waals surface area contributed by atoms with Gasteiger partial charge in [0, 0.05) is 147 Å². The van der Waals surface area contributed by atoms with E-state index in [0.29, 0.717) is 67.6 Å². The fraction of sp³-hybridized carbons (Fsp3) is 0.806. The van der Waals surface area contributed by atoms with Gasteiger partial charge in [-0.1, -0.05) is 58.0 Å². The van der Waals surface area contributed by atoms with E-state index in [9.17, 15) is 21.0 Å². The second-order valence-electron chi connectivity index (χ2n) is 9.43.